The van der Waals surface area contributed by atoms with E-state index < -0.39 is 11.9 Å². The SMILES string of the molecule is C#Cc1ccc2c(c1)C(c1ccccc1)=NCc1c(C(=O)OCCOCCOC(=O)c3ncn4c3CN=C(c3ccccc3)c3ccccc3-4)ncn1-2. The Morgan fingerprint density at radius 3 is 1.70 bits per heavy atom. The van der Waals surface area contributed by atoms with Gasteiger partial charge in [-0.05, 0) is 24.3 Å². The first-order chi connectivity index (χ1) is 26.1. The zero-order valence-corrected chi connectivity index (χ0v) is 28.5. The maximum Gasteiger partial charge on any atom is 0.358 e. The summed E-state index contributed by atoms with van der Waals surface area (Å²) in [6.07, 6.45) is 8.94. The number of benzene rings is 4. The summed E-state index contributed by atoms with van der Waals surface area (Å²) in [5.41, 5.74) is 9.36. The summed E-state index contributed by atoms with van der Waals surface area (Å²) in [4.78, 5) is 44.8. The van der Waals surface area contributed by atoms with E-state index in [2.05, 4.69) is 15.9 Å². The highest BCUT2D eigenvalue weighted by Gasteiger charge is 2.27. The molecular weight excluding hydrogens is 668 g/mol. The van der Waals surface area contributed by atoms with Crippen LogP contribution in [0.15, 0.2) is 126 Å². The van der Waals surface area contributed by atoms with E-state index in [4.69, 9.17) is 30.6 Å². The Hall–Kier alpha value is -6.90. The number of hydrogen-bond acceptors (Lipinski definition) is 9. The second-order valence-corrected chi connectivity index (χ2v) is 12.2. The van der Waals surface area contributed by atoms with Gasteiger partial charge in [0.1, 0.15) is 25.9 Å². The summed E-state index contributed by atoms with van der Waals surface area (Å²) in [5.74, 6) is 1.54. The fourth-order valence-corrected chi connectivity index (χ4v) is 6.50. The Morgan fingerprint density at radius 2 is 1.13 bits per heavy atom. The summed E-state index contributed by atoms with van der Waals surface area (Å²) >= 11 is 0. The van der Waals surface area contributed by atoms with Gasteiger partial charge in [-0.1, -0.05) is 84.8 Å². The molecule has 6 aromatic rings. The molecule has 11 heteroatoms. The molecule has 0 atom stereocenters. The van der Waals surface area contributed by atoms with Crippen LogP contribution in [0.4, 0.5) is 0 Å². The van der Waals surface area contributed by atoms with Crippen LogP contribution in [-0.2, 0) is 27.3 Å². The molecule has 2 aliphatic rings. The third-order valence-corrected chi connectivity index (χ3v) is 9.01. The molecule has 2 aliphatic heterocycles. The minimum atomic E-state index is -0.589. The summed E-state index contributed by atoms with van der Waals surface area (Å²) < 4.78 is 20.4. The minimum Gasteiger partial charge on any atom is -0.458 e. The maximum atomic E-state index is 13.2. The molecule has 0 fully saturated rings. The molecule has 0 spiro atoms. The van der Waals surface area contributed by atoms with Gasteiger partial charge in [0, 0.05) is 27.8 Å². The molecule has 4 heterocycles. The highest BCUT2D eigenvalue weighted by Crippen LogP contribution is 2.29. The number of para-hydroxylation sites is 1. The van der Waals surface area contributed by atoms with Crippen LogP contribution in [-0.4, -0.2) is 68.9 Å². The van der Waals surface area contributed by atoms with E-state index in [0.717, 1.165) is 50.6 Å². The van der Waals surface area contributed by atoms with Gasteiger partial charge in [-0.15, -0.1) is 6.42 Å². The van der Waals surface area contributed by atoms with Crippen LogP contribution >= 0.6 is 0 Å². The van der Waals surface area contributed by atoms with Crippen LogP contribution < -0.4 is 0 Å². The number of imidazole rings is 2. The van der Waals surface area contributed by atoms with E-state index in [1.807, 2.05) is 112 Å². The monoisotopic (exact) mass is 700 g/mol. The molecule has 8 rings (SSSR count). The predicted molar refractivity (Wildman–Crippen MR) is 198 cm³/mol. The molecule has 0 unspecified atom stereocenters. The van der Waals surface area contributed by atoms with Gasteiger partial charge in [0.15, 0.2) is 11.4 Å². The standard InChI is InChI=1S/C42H32N6O5/c1-2-28-17-18-34-32(23-28)38(30-13-7-4-8-14-30)44-25-36-40(46-27-48(34)36)42(50)53-22-20-51-19-21-52-41(49)39-35-24-43-37(29-11-5-3-6-12-29)31-15-9-10-16-33(31)47(35)26-45-39/h1,3-18,23,26-27H,19-22,24-25H2. The van der Waals surface area contributed by atoms with Crippen molar-refractivity contribution in [2.75, 3.05) is 26.4 Å². The van der Waals surface area contributed by atoms with Gasteiger partial charge in [0.2, 0.25) is 0 Å². The molecule has 260 valence electrons. The lowest BCUT2D eigenvalue weighted by molar-refractivity contribution is 0.0145. The molecule has 0 saturated carbocycles. The van der Waals surface area contributed by atoms with Crippen molar-refractivity contribution in [2.24, 2.45) is 9.98 Å². The topological polar surface area (TPSA) is 122 Å². The number of carbonyl (C=O) groups is 2. The number of rotatable bonds is 10. The quantitative estimate of drug-likeness (QED) is 0.101. The van der Waals surface area contributed by atoms with Gasteiger partial charge in [-0.2, -0.15) is 0 Å². The van der Waals surface area contributed by atoms with Crippen LogP contribution in [0, 0.1) is 12.3 Å². The summed E-state index contributed by atoms with van der Waals surface area (Å²) in [6.45, 7) is 0.641. The lowest BCUT2D eigenvalue weighted by Gasteiger charge is -2.12. The first kappa shape index (κ1) is 33.3. The van der Waals surface area contributed by atoms with E-state index in [1.54, 1.807) is 12.7 Å². The van der Waals surface area contributed by atoms with Crippen molar-refractivity contribution in [2.45, 2.75) is 13.1 Å². The number of hydrogen-bond donors (Lipinski definition) is 0. The fraction of sp³-hybridized carbons (Fsp3) is 0.143. The highest BCUT2D eigenvalue weighted by atomic mass is 16.6. The molecule has 0 amide bonds. The van der Waals surface area contributed by atoms with Crippen molar-refractivity contribution in [3.05, 3.63) is 166 Å². The molecule has 0 bridgehead atoms. The Morgan fingerprint density at radius 1 is 0.623 bits per heavy atom. The van der Waals surface area contributed by atoms with Crippen molar-refractivity contribution in [3.8, 4) is 23.7 Å². The third kappa shape index (κ3) is 6.55. The molecule has 0 radical (unpaired) electrons. The molecule has 11 nitrogen and oxygen atoms in total. The van der Waals surface area contributed by atoms with Crippen LogP contribution in [0.1, 0.15) is 60.2 Å². The number of nitrogens with zero attached hydrogens (tertiary/aromatic N) is 6. The van der Waals surface area contributed by atoms with Crippen LogP contribution in [0.2, 0.25) is 0 Å². The van der Waals surface area contributed by atoms with Gasteiger partial charge < -0.3 is 14.2 Å². The van der Waals surface area contributed by atoms with E-state index in [1.165, 1.54) is 0 Å². The van der Waals surface area contributed by atoms with Crippen molar-refractivity contribution >= 4 is 23.4 Å². The number of fused-ring (bicyclic) bond motifs is 6. The second kappa shape index (κ2) is 14.8. The predicted octanol–water partition coefficient (Wildman–Crippen LogP) is 5.77. The average molecular weight is 701 g/mol. The van der Waals surface area contributed by atoms with E-state index in [9.17, 15) is 9.59 Å². The van der Waals surface area contributed by atoms with Gasteiger partial charge in [0.25, 0.3) is 0 Å². The Bertz CT molecular complexity index is 2440. The second-order valence-electron chi connectivity index (χ2n) is 12.2. The molecule has 4 aromatic carbocycles. The first-order valence-electron chi connectivity index (χ1n) is 17.1. The van der Waals surface area contributed by atoms with E-state index in [0.29, 0.717) is 11.4 Å². The molecule has 53 heavy (non-hydrogen) atoms. The first-order valence-corrected chi connectivity index (χ1v) is 17.1. The van der Waals surface area contributed by atoms with Crippen molar-refractivity contribution < 1.29 is 23.8 Å². The number of ether oxygens (including phenoxy) is 3. The average Bonchev–Trinajstić information content (AvgIpc) is 3.74. The molecular formula is C42H32N6O5. The van der Waals surface area contributed by atoms with E-state index >= 15 is 0 Å². The number of aromatic nitrogens is 4. The Labute approximate surface area is 305 Å². The number of carbonyl (C=O) groups excluding carboxylic acids is 2. The van der Waals surface area contributed by atoms with Gasteiger partial charge in [0.05, 0.1) is 60.5 Å². The van der Waals surface area contributed by atoms with Crippen molar-refractivity contribution in [1.82, 2.24) is 19.1 Å². The third-order valence-electron chi connectivity index (χ3n) is 9.01. The molecule has 0 N–H and O–H groups in total. The number of esters is 2. The molecule has 0 saturated heterocycles. The van der Waals surface area contributed by atoms with E-state index in [-0.39, 0.29) is 50.9 Å². The molecule has 0 aliphatic carbocycles. The maximum absolute atomic E-state index is 13.2. The summed E-state index contributed by atoms with van der Waals surface area (Å²) in [6, 6.07) is 33.4. The van der Waals surface area contributed by atoms with Crippen molar-refractivity contribution in [3.63, 3.8) is 0 Å². The van der Waals surface area contributed by atoms with Gasteiger partial charge >= 0.3 is 11.9 Å². The smallest absolute Gasteiger partial charge is 0.358 e. The zero-order valence-electron chi connectivity index (χ0n) is 28.5. The van der Waals surface area contributed by atoms with Crippen molar-refractivity contribution in [1.29, 1.82) is 0 Å². The largest absolute Gasteiger partial charge is 0.458 e. The highest BCUT2D eigenvalue weighted by molar-refractivity contribution is 6.16. The van der Waals surface area contributed by atoms with Crippen LogP contribution in [0.25, 0.3) is 11.4 Å². The number of aliphatic imine (C=N–C) groups is 2. The lowest BCUT2D eigenvalue weighted by Crippen LogP contribution is -2.16. The van der Waals surface area contributed by atoms with Crippen LogP contribution in [0.5, 0.6) is 0 Å². The Balaban J connectivity index is 0.865. The summed E-state index contributed by atoms with van der Waals surface area (Å²) in [5, 5.41) is 0. The minimum absolute atomic E-state index is 0.00863. The lowest BCUT2D eigenvalue weighted by atomic mass is 9.98. The normalized spacial score (nSPS) is 12.7. The van der Waals surface area contributed by atoms with Gasteiger partial charge in [-0.3, -0.25) is 19.1 Å². The fourth-order valence-electron chi connectivity index (χ4n) is 6.50. The summed E-state index contributed by atoms with van der Waals surface area (Å²) in [7, 11) is 0. The van der Waals surface area contributed by atoms with Gasteiger partial charge in [-0.25, -0.2) is 19.6 Å². The Kier molecular flexibility index (Phi) is 9.26. The zero-order chi connectivity index (χ0) is 36.1. The molecule has 2 aromatic heterocycles. The number of terminal acetylenes is 1. The van der Waals surface area contributed by atoms with Crippen LogP contribution in [0.3, 0.4) is 0 Å².